The van der Waals surface area contributed by atoms with Gasteiger partial charge in [-0.05, 0) is 55.8 Å². The molecule has 0 bridgehead atoms. The zero-order valence-corrected chi connectivity index (χ0v) is 18.6. The van der Waals surface area contributed by atoms with Crippen molar-refractivity contribution in [3.05, 3.63) is 77.0 Å². The van der Waals surface area contributed by atoms with E-state index in [0.717, 1.165) is 16.8 Å². The van der Waals surface area contributed by atoms with Gasteiger partial charge in [0.2, 0.25) is 5.76 Å². The van der Waals surface area contributed by atoms with Crippen LogP contribution in [0.2, 0.25) is 5.02 Å². The molecule has 0 aliphatic rings. The van der Waals surface area contributed by atoms with Gasteiger partial charge in [-0.2, -0.15) is 0 Å². The molecule has 0 aliphatic carbocycles. The van der Waals surface area contributed by atoms with Gasteiger partial charge < -0.3 is 9.15 Å². The lowest BCUT2D eigenvalue weighted by molar-refractivity contribution is 0.0563. The number of halogens is 1. The number of aromatic nitrogens is 4. The number of hydrogen-bond acceptors (Lipinski definition) is 7. The van der Waals surface area contributed by atoms with Crippen LogP contribution >= 0.6 is 23.4 Å². The van der Waals surface area contributed by atoms with Crippen molar-refractivity contribution in [2.24, 2.45) is 0 Å². The molecule has 0 radical (unpaired) electrons. The van der Waals surface area contributed by atoms with E-state index in [1.165, 1.54) is 18.9 Å². The van der Waals surface area contributed by atoms with Gasteiger partial charge in [-0.1, -0.05) is 29.4 Å². The Morgan fingerprint density at radius 2 is 1.94 bits per heavy atom. The molecule has 1 atom stereocenters. The van der Waals surface area contributed by atoms with Gasteiger partial charge in [0, 0.05) is 23.0 Å². The van der Waals surface area contributed by atoms with Crippen molar-refractivity contribution in [1.82, 2.24) is 19.7 Å². The zero-order valence-electron chi connectivity index (χ0n) is 17.1. The maximum Gasteiger partial charge on any atom is 0.373 e. The number of thioether (sulfide) groups is 1. The predicted molar refractivity (Wildman–Crippen MR) is 119 cm³/mol. The summed E-state index contributed by atoms with van der Waals surface area (Å²) in [5.74, 6) is 0.959. The second kappa shape index (κ2) is 8.95. The fraction of sp³-hybridized carbons (Fsp3) is 0.182. The first-order chi connectivity index (χ1) is 15.0. The first-order valence-corrected chi connectivity index (χ1v) is 10.7. The number of rotatable bonds is 6. The minimum atomic E-state index is -0.513. The highest BCUT2D eigenvalue weighted by Crippen LogP contribution is 2.38. The summed E-state index contributed by atoms with van der Waals surface area (Å²) in [4.78, 5) is 15.8. The molecule has 3 heterocycles. The summed E-state index contributed by atoms with van der Waals surface area (Å²) in [5, 5.41) is 10.1. The molecule has 0 saturated heterocycles. The van der Waals surface area contributed by atoms with E-state index in [1.807, 2.05) is 48.7 Å². The third-order valence-corrected chi connectivity index (χ3v) is 6.22. The predicted octanol–water partition coefficient (Wildman–Crippen LogP) is 5.52. The molecule has 1 aromatic carbocycles. The van der Waals surface area contributed by atoms with Crippen LogP contribution in [0, 0.1) is 6.92 Å². The minimum Gasteiger partial charge on any atom is -0.463 e. The first-order valence-electron chi connectivity index (χ1n) is 9.45. The van der Waals surface area contributed by atoms with Crippen LogP contribution in [0.25, 0.3) is 17.1 Å². The molecule has 0 aliphatic heterocycles. The highest BCUT2D eigenvalue weighted by Gasteiger charge is 2.23. The van der Waals surface area contributed by atoms with Gasteiger partial charge in [0.1, 0.15) is 5.76 Å². The van der Waals surface area contributed by atoms with Crippen LogP contribution in [0.3, 0.4) is 0 Å². The number of carbonyl (C=O) groups is 1. The molecule has 0 fully saturated rings. The van der Waals surface area contributed by atoms with Crippen LogP contribution in [-0.2, 0) is 4.74 Å². The highest BCUT2D eigenvalue weighted by atomic mass is 35.5. The lowest BCUT2D eigenvalue weighted by Gasteiger charge is -2.15. The number of benzene rings is 1. The topological polar surface area (TPSA) is 83.0 Å². The Labute approximate surface area is 188 Å². The number of hydrogen-bond donors (Lipinski definition) is 0. The molecular formula is C22H19ClN4O3S. The Hall–Kier alpha value is -3.10. The van der Waals surface area contributed by atoms with Gasteiger partial charge in [-0.25, -0.2) is 4.79 Å². The quantitative estimate of drug-likeness (QED) is 0.280. The summed E-state index contributed by atoms with van der Waals surface area (Å²) in [7, 11) is 1.32. The van der Waals surface area contributed by atoms with Crippen LogP contribution in [0.1, 0.15) is 34.1 Å². The zero-order chi connectivity index (χ0) is 22.0. The Morgan fingerprint density at radius 1 is 1.16 bits per heavy atom. The van der Waals surface area contributed by atoms with Gasteiger partial charge in [0.15, 0.2) is 11.0 Å². The van der Waals surface area contributed by atoms with Gasteiger partial charge in [0.05, 0.1) is 18.0 Å². The SMILES string of the molecule is COC(=O)c1ccc(C(C)Sc2nnc(-c3ccncc3)n2-c2cccc(Cl)c2C)o1. The molecule has 9 heteroatoms. The average Bonchev–Trinajstić information content (AvgIpc) is 3.44. The lowest BCUT2D eigenvalue weighted by atomic mass is 10.2. The molecule has 0 amide bonds. The third kappa shape index (κ3) is 4.22. The Kier molecular flexibility index (Phi) is 6.11. The van der Waals surface area contributed by atoms with Crippen molar-refractivity contribution in [2.45, 2.75) is 24.3 Å². The normalized spacial score (nSPS) is 12.0. The average molecular weight is 455 g/mol. The van der Waals surface area contributed by atoms with E-state index in [0.29, 0.717) is 21.8 Å². The van der Waals surface area contributed by atoms with Gasteiger partial charge in [-0.3, -0.25) is 9.55 Å². The second-order valence-electron chi connectivity index (χ2n) is 6.72. The van der Waals surface area contributed by atoms with E-state index < -0.39 is 5.97 Å². The lowest BCUT2D eigenvalue weighted by Crippen LogP contribution is -2.03. The van der Waals surface area contributed by atoms with Gasteiger partial charge >= 0.3 is 5.97 Å². The van der Waals surface area contributed by atoms with E-state index in [-0.39, 0.29) is 11.0 Å². The summed E-state index contributed by atoms with van der Waals surface area (Å²) >= 11 is 7.87. The number of esters is 1. The first kappa shape index (κ1) is 21.1. The van der Waals surface area contributed by atoms with E-state index in [2.05, 4.69) is 15.2 Å². The van der Waals surface area contributed by atoms with Crippen molar-refractivity contribution in [1.29, 1.82) is 0 Å². The highest BCUT2D eigenvalue weighted by molar-refractivity contribution is 7.99. The Bertz CT molecular complexity index is 1220. The molecule has 0 spiro atoms. The number of carbonyl (C=O) groups excluding carboxylic acids is 1. The standard InChI is InChI=1S/C22H19ClN4O3S/c1-13-16(23)5-4-6-17(13)27-20(15-9-11-24-12-10-15)25-26-22(27)31-14(2)18-7-8-19(30-18)21(28)29-3/h4-12,14H,1-3H3. The fourth-order valence-corrected chi connectivity index (χ4v) is 4.19. The molecule has 4 aromatic rings. The van der Waals surface area contributed by atoms with E-state index in [1.54, 1.807) is 24.5 Å². The van der Waals surface area contributed by atoms with E-state index in [9.17, 15) is 4.79 Å². The number of pyridine rings is 1. The number of furan rings is 1. The fourth-order valence-electron chi connectivity index (χ4n) is 3.09. The van der Waals surface area contributed by atoms with Crippen molar-refractivity contribution in [2.75, 3.05) is 7.11 Å². The number of ether oxygens (including phenoxy) is 1. The van der Waals surface area contributed by atoms with Crippen LogP contribution in [0.5, 0.6) is 0 Å². The van der Waals surface area contributed by atoms with E-state index >= 15 is 0 Å². The van der Waals surface area contributed by atoms with Gasteiger partial charge in [0.25, 0.3) is 0 Å². The summed E-state index contributed by atoms with van der Waals surface area (Å²) in [5.41, 5.74) is 2.68. The second-order valence-corrected chi connectivity index (χ2v) is 8.43. The van der Waals surface area contributed by atoms with Crippen LogP contribution in [0.15, 0.2) is 64.4 Å². The van der Waals surface area contributed by atoms with Crippen LogP contribution < -0.4 is 0 Å². The third-order valence-electron chi connectivity index (χ3n) is 4.75. The minimum absolute atomic E-state index is 0.133. The Balaban J connectivity index is 1.76. The molecule has 1 unspecified atom stereocenters. The monoisotopic (exact) mass is 454 g/mol. The summed E-state index contributed by atoms with van der Waals surface area (Å²) in [6.45, 7) is 3.93. The number of methoxy groups -OCH3 is 1. The van der Waals surface area contributed by atoms with E-state index in [4.69, 9.17) is 20.8 Å². The summed E-state index contributed by atoms with van der Waals surface area (Å²) < 4.78 is 12.4. The van der Waals surface area contributed by atoms with Crippen molar-refractivity contribution in [3.63, 3.8) is 0 Å². The van der Waals surface area contributed by atoms with Crippen molar-refractivity contribution >= 4 is 29.3 Å². The molecular weight excluding hydrogens is 436 g/mol. The maximum atomic E-state index is 11.7. The van der Waals surface area contributed by atoms with Crippen molar-refractivity contribution < 1.29 is 13.9 Å². The molecule has 0 saturated carbocycles. The molecule has 158 valence electrons. The molecule has 0 N–H and O–H groups in total. The summed E-state index contributed by atoms with van der Waals surface area (Å²) in [6.07, 6.45) is 3.43. The Morgan fingerprint density at radius 3 is 2.68 bits per heavy atom. The number of nitrogens with zero attached hydrogens (tertiary/aromatic N) is 4. The van der Waals surface area contributed by atoms with Crippen LogP contribution in [0.4, 0.5) is 0 Å². The molecule has 7 nitrogen and oxygen atoms in total. The smallest absolute Gasteiger partial charge is 0.373 e. The summed E-state index contributed by atoms with van der Waals surface area (Å²) in [6, 6.07) is 12.9. The molecule has 4 rings (SSSR count). The largest absolute Gasteiger partial charge is 0.463 e. The van der Waals surface area contributed by atoms with Gasteiger partial charge in [-0.15, -0.1) is 10.2 Å². The molecule has 3 aromatic heterocycles. The maximum absolute atomic E-state index is 11.7. The molecule has 31 heavy (non-hydrogen) atoms. The van der Waals surface area contributed by atoms with Crippen LogP contribution in [-0.4, -0.2) is 32.8 Å². The van der Waals surface area contributed by atoms with Crippen molar-refractivity contribution in [3.8, 4) is 17.1 Å².